The molecule has 0 heteroatoms. The predicted molar refractivity (Wildman–Crippen MR) is 122 cm³/mol. The van der Waals surface area contributed by atoms with Gasteiger partial charge in [-0.3, -0.25) is 0 Å². The molecule has 0 bridgehead atoms. The van der Waals surface area contributed by atoms with E-state index in [2.05, 4.69) is 87.7 Å². The lowest BCUT2D eigenvalue weighted by Gasteiger charge is -2.35. The molecule has 4 rings (SSSR count). The molecule has 0 heterocycles. The summed E-state index contributed by atoms with van der Waals surface area (Å²) >= 11 is 0. The van der Waals surface area contributed by atoms with Gasteiger partial charge in [-0.2, -0.15) is 0 Å². The molecule has 1 aromatic rings. The van der Waals surface area contributed by atoms with Crippen molar-refractivity contribution < 1.29 is 0 Å². The maximum atomic E-state index is 4.59. The normalized spacial score (nSPS) is 25.2. The van der Waals surface area contributed by atoms with Crippen molar-refractivity contribution in [2.45, 2.75) is 39.5 Å². The van der Waals surface area contributed by atoms with E-state index in [4.69, 9.17) is 0 Å². The van der Waals surface area contributed by atoms with Crippen molar-refractivity contribution in [2.24, 2.45) is 11.8 Å². The Morgan fingerprint density at radius 2 is 1.93 bits per heavy atom. The third-order valence-electron chi connectivity index (χ3n) is 6.33. The molecule has 1 aromatic carbocycles. The molecule has 0 spiro atoms. The minimum absolute atomic E-state index is 0.383. The third-order valence-corrected chi connectivity index (χ3v) is 6.33. The van der Waals surface area contributed by atoms with Gasteiger partial charge >= 0.3 is 0 Å². The van der Waals surface area contributed by atoms with E-state index in [1.54, 1.807) is 0 Å². The van der Waals surface area contributed by atoms with Crippen LogP contribution in [0.1, 0.15) is 45.1 Å². The van der Waals surface area contributed by atoms with Gasteiger partial charge in [0.25, 0.3) is 0 Å². The van der Waals surface area contributed by atoms with Crippen molar-refractivity contribution in [3.8, 4) is 0 Å². The Hall–Kier alpha value is -2.60. The third kappa shape index (κ3) is 3.33. The SMILES string of the molecule is C=C(CCC)C1=C(C)C=C2C/C(=C/c3ccccc3)C(=C)C2C1C1=CC=CC1. The monoisotopic (exact) mass is 366 g/mol. The van der Waals surface area contributed by atoms with E-state index in [-0.39, 0.29) is 0 Å². The van der Waals surface area contributed by atoms with E-state index in [0.717, 1.165) is 25.7 Å². The highest BCUT2D eigenvalue weighted by molar-refractivity contribution is 5.67. The van der Waals surface area contributed by atoms with Gasteiger partial charge in [-0.1, -0.05) is 104 Å². The number of fused-ring (bicyclic) bond motifs is 1. The number of allylic oxidation sites excluding steroid dienone is 11. The minimum Gasteiger partial charge on any atom is -0.0955 e. The lowest BCUT2D eigenvalue weighted by atomic mass is 9.68. The molecule has 1 fully saturated rings. The molecule has 3 aliphatic rings. The first-order valence-electron chi connectivity index (χ1n) is 10.5. The van der Waals surface area contributed by atoms with Crippen LogP contribution < -0.4 is 0 Å². The summed E-state index contributed by atoms with van der Waals surface area (Å²) in [6.07, 6.45) is 15.8. The van der Waals surface area contributed by atoms with Gasteiger partial charge in [-0.05, 0) is 54.0 Å². The van der Waals surface area contributed by atoms with E-state index >= 15 is 0 Å². The van der Waals surface area contributed by atoms with E-state index in [9.17, 15) is 0 Å². The van der Waals surface area contributed by atoms with E-state index in [1.807, 2.05) is 0 Å². The van der Waals surface area contributed by atoms with Crippen LogP contribution in [0.25, 0.3) is 6.08 Å². The molecule has 0 saturated heterocycles. The van der Waals surface area contributed by atoms with E-state index < -0.39 is 0 Å². The van der Waals surface area contributed by atoms with Crippen LogP contribution in [-0.2, 0) is 0 Å². The molecule has 0 nitrogen and oxygen atoms in total. The average molecular weight is 367 g/mol. The maximum absolute atomic E-state index is 4.59. The smallest absolute Gasteiger partial charge is 0.0166 e. The molecular formula is C28H30. The molecular weight excluding hydrogens is 336 g/mol. The van der Waals surface area contributed by atoms with Crippen LogP contribution in [0.4, 0.5) is 0 Å². The van der Waals surface area contributed by atoms with Gasteiger partial charge in [0.15, 0.2) is 0 Å². The zero-order chi connectivity index (χ0) is 19.7. The molecule has 1 saturated carbocycles. The standard InChI is InChI=1S/C28H30/c1-5-11-19(2)26-20(3)16-25-18-24(17-22-12-7-6-8-13-22)21(4)27(25)28(26)23-14-9-10-15-23/h6-10,12-14,16-17,27-28H,2,4-5,11,15,18H2,1,3H3/b24-17-. The average Bonchev–Trinajstić information content (AvgIpc) is 3.31. The first kappa shape index (κ1) is 18.7. The Labute approximate surface area is 170 Å². The van der Waals surface area contributed by atoms with Crippen LogP contribution in [0.5, 0.6) is 0 Å². The lowest BCUT2D eigenvalue weighted by Crippen LogP contribution is -2.24. The maximum Gasteiger partial charge on any atom is 0.0166 e. The topological polar surface area (TPSA) is 0 Å². The quantitative estimate of drug-likeness (QED) is 0.499. The van der Waals surface area contributed by atoms with Crippen LogP contribution in [0.2, 0.25) is 0 Å². The Balaban J connectivity index is 1.76. The van der Waals surface area contributed by atoms with Crippen molar-refractivity contribution in [1.82, 2.24) is 0 Å². The molecule has 0 radical (unpaired) electrons. The molecule has 2 atom stereocenters. The van der Waals surface area contributed by atoms with Gasteiger partial charge < -0.3 is 0 Å². The molecule has 0 aromatic heterocycles. The van der Waals surface area contributed by atoms with Crippen molar-refractivity contribution in [1.29, 1.82) is 0 Å². The largest absolute Gasteiger partial charge is 0.0955 e. The zero-order valence-electron chi connectivity index (χ0n) is 17.2. The fourth-order valence-corrected chi connectivity index (χ4v) is 5.11. The van der Waals surface area contributed by atoms with Gasteiger partial charge in [-0.15, -0.1) is 0 Å². The molecule has 142 valence electrons. The van der Waals surface area contributed by atoms with Crippen LogP contribution in [-0.4, -0.2) is 0 Å². The summed E-state index contributed by atoms with van der Waals surface area (Å²) in [7, 11) is 0. The second-order valence-corrected chi connectivity index (χ2v) is 8.28. The number of benzene rings is 1. The fourth-order valence-electron chi connectivity index (χ4n) is 5.11. The van der Waals surface area contributed by atoms with Crippen molar-refractivity contribution >= 4 is 6.08 Å². The van der Waals surface area contributed by atoms with Gasteiger partial charge in [-0.25, -0.2) is 0 Å². The Bertz CT molecular complexity index is 957. The van der Waals surface area contributed by atoms with Crippen LogP contribution in [0, 0.1) is 11.8 Å². The second-order valence-electron chi connectivity index (χ2n) is 8.28. The highest BCUT2D eigenvalue weighted by Gasteiger charge is 2.41. The summed E-state index contributed by atoms with van der Waals surface area (Å²) in [5.74, 6) is 0.775. The van der Waals surface area contributed by atoms with Gasteiger partial charge in [0.2, 0.25) is 0 Å². The highest BCUT2D eigenvalue weighted by atomic mass is 14.4. The minimum atomic E-state index is 0.383. The summed E-state index contributed by atoms with van der Waals surface area (Å²) in [4.78, 5) is 0. The first-order valence-corrected chi connectivity index (χ1v) is 10.5. The van der Waals surface area contributed by atoms with Crippen molar-refractivity contribution in [2.75, 3.05) is 0 Å². The summed E-state index contributed by atoms with van der Waals surface area (Å²) in [6, 6.07) is 10.6. The molecule has 3 aliphatic carbocycles. The second kappa shape index (κ2) is 7.80. The number of rotatable bonds is 5. The van der Waals surface area contributed by atoms with Crippen molar-refractivity contribution in [3.63, 3.8) is 0 Å². The van der Waals surface area contributed by atoms with Crippen LogP contribution in [0.3, 0.4) is 0 Å². The van der Waals surface area contributed by atoms with Crippen LogP contribution in [0.15, 0.2) is 107 Å². The molecule has 0 aliphatic heterocycles. The highest BCUT2D eigenvalue weighted by Crippen LogP contribution is 2.54. The number of hydrogen-bond donors (Lipinski definition) is 0. The Morgan fingerprint density at radius 3 is 2.61 bits per heavy atom. The van der Waals surface area contributed by atoms with E-state index in [1.165, 1.54) is 44.6 Å². The summed E-state index contributed by atoms with van der Waals surface area (Å²) in [5, 5.41) is 0. The Morgan fingerprint density at radius 1 is 1.14 bits per heavy atom. The summed E-state index contributed by atoms with van der Waals surface area (Å²) < 4.78 is 0. The lowest BCUT2D eigenvalue weighted by molar-refractivity contribution is 0.555. The van der Waals surface area contributed by atoms with Crippen LogP contribution >= 0.6 is 0 Å². The van der Waals surface area contributed by atoms with E-state index in [0.29, 0.717) is 11.8 Å². The van der Waals surface area contributed by atoms with Gasteiger partial charge in [0.05, 0.1) is 0 Å². The zero-order valence-corrected chi connectivity index (χ0v) is 17.2. The molecule has 0 N–H and O–H groups in total. The summed E-state index contributed by atoms with van der Waals surface area (Å²) in [6.45, 7) is 13.6. The summed E-state index contributed by atoms with van der Waals surface area (Å²) in [5.41, 5.74) is 11.2. The Kier molecular flexibility index (Phi) is 5.22. The number of hydrogen-bond acceptors (Lipinski definition) is 0. The van der Waals surface area contributed by atoms with Gasteiger partial charge in [0.1, 0.15) is 0 Å². The molecule has 0 amide bonds. The molecule has 28 heavy (non-hydrogen) atoms. The fraction of sp³-hybridized carbons (Fsp3) is 0.286. The van der Waals surface area contributed by atoms with Gasteiger partial charge in [0, 0.05) is 11.8 Å². The molecule has 2 unspecified atom stereocenters. The predicted octanol–water partition coefficient (Wildman–Crippen LogP) is 7.76. The van der Waals surface area contributed by atoms with Crippen molar-refractivity contribution in [3.05, 3.63) is 112 Å². The first-order chi connectivity index (χ1) is 13.6.